The van der Waals surface area contributed by atoms with E-state index in [9.17, 15) is 26.0 Å². The molecule has 180 valence electrons. The monoisotopic (exact) mass is 497 g/mol. The summed E-state index contributed by atoms with van der Waals surface area (Å²) in [5.41, 5.74) is 0.428. The molecule has 0 unspecified atom stereocenters. The van der Waals surface area contributed by atoms with Crippen LogP contribution in [0.5, 0.6) is 0 Å². The molecule has 1 aliphatic heterocycles. The van der Waals surface area contributed by atoms with Gasteiger partial charge in [0.15, 0.2) is 0 Å². The average molecular weight is 498 g/mol. The summed E-state index contributed by atoms with van der Waals surface area (Å²) >= 11 is 0. The van der Waals surface area contributed by atoms with E-state index in [1.165, 1.54) is 45.0 Å². The van der Waals surface area contributed by atoms with Gasteiger partial charge in [0, 0.05) is 31.9 Å². The van der Waals surface area contributed by atoms with Gasteiger partial charge in [0.2, 0.25) is 26.0 Å². The smallest absolute Gasteiger partial charge is 0.243 e. The number of halogens is 1. The molecule has 1 amide bonds. The van der Waals surface area contributed by atoms with Gasteiger partial charge in [0.25, 0.3) is 0 Å². The molecule has 1 fully saturated rings. The molecule has 8 nitrogen and oxygen atoms in total. The molecule has 0 aromatic heterocycles. The van der Waals surface area contributed by atoms with Crippen molar-refractivity contribution in [2.75, 3.05) is 31.5 Å². The molecule has 1 N–H and O–H groups in total. The maximum Gasteiger partial charge on any atom is 0.243 e. The van der Waals surface area contributed by atoms with Gasteiger partial charge in [-0.1, -0.05) is 13.8 Å². The van der Waals surface area contributed by atoms with Crippen LogP contribution in [0.1, 0.15) is 26.7 Å². The third kappa shape index (κ3) is 5.60. The Labute approximate surface area is 194 Å². The Balaban J connectivity index is 1.68. The van der Waals surface area contributed by atoms with E-state index in [0.717, 1.165) is 12.1 Å². The SMILES string of the molecule is CCN(CC)S(=O)(=O)c1ccc(NC(=O)[C@@H]2CCCN(S(=O)(=O)c3ccc(F)cc3)C2)cc1. The van der Waals surface area contributed by atoms with Gasteiger partial charge in [-0.15, -0.1) is 0 Å². The predicted molar refractivity (Wildman–Crippen MR) is 123 cm³/mol. The molecule has 0 saturated carbocycles. The van der Waals surface area contributed by atoms with Gasteiger partial charge < -0.3 is 5.32 Å². The van der Waals surface area contributed by atoms with Crippen LogP contribution in [0.3, 0.4) is 0 Å². The average Bonchev–Trinajstić information content (AvgIpc) is 2.80. The van der Waals surface area contributed by atoms with E-state index >= 15 is 0 Å². The van der Waals surface area contributed by atoms with E-state index in [0.29, 0.717) is 31.6 Å². The molecular weight excluding hydrogens is 469 g/mol. The number of piperidine rings is 1. The third-order valence-corrected chi connectivity index (χ3v) is 9.61. The molecule has 33 heavy (non-hydrogen) atoms. The number of amides is 1. The number of rotatable bonds is 8. The highest BCUT2D eigenvalue weighted by atomic mass is 32.2. The first-order chi connectivity index (χ1) is 15.6. The summed E-state index contributed by atoms with van der Waals surface area (Å²) in [4.78, 5) is 12.9. The molecule has 1 heterocycles. The molecule has 11 heteroatoms. The summed E-state index contributed by atoms with van der Waals surface area (Å²) in [6.07, 6.45) is 1.04. The topological polar surface area (TPSA) is 104 Å². The number of hydrogen-bond acceptors (Lipinski definition) is 5. The zero-order chi connectivity index (χ0) is 24.2. The summed E-state index contributed by atoms with van der Waals surface area (Å²) in [6.45, 7) is 4.53. The van der Waals surface area contributed by atoms with E-state index in [4.69, 9.17) is 0 Å². The molecule has 2 aromatic carbocycles. The van der Waals surface area contributed by atoms with Crippen LogP contribution in [0.25, 0.3) is 0 Å². The molecule has 0 spiro atoms. The second-order valence-corrected chi connectivity index (χ2v) is 11.6. The number of nitrogens with zero attached hydrogens (tertiary/aromatic N) is 2. The Morgan fingerprint density at radius 1 is 1.00 bits per heavy atom. The van der Waals surface area contributed by atoms with E-state index in [2.05, 4.69) is 5.32 Å². The highest BCUT2D eigenvalue weighted by Gasteiger charge is 2.33. The normalized spacial score (nSPS) is 17.8. The second-order valence-electron chi connectivity index (χ2n) is 7.76. The summed E-state index contributed by atoms with van der Waals surface area (Å²) < 4.78 is 66.7. The number of nitrogens with one attached hydrogen (secondary N) is 1. The zero-order valence-corrected chi connectivity index (χ0v) is 20.2. The van der Waals surface area contributed by atoms with Crippen LogP contribution in [0.15, 0.2) is 58.3 Å². The molecular formula is C22H28FN3O5S2. The molecule has 3 rings (SSSR count). The van der Waals surface area contributed by atoms with Crippen molar-refractivity contribution in [1.82, 2.24) is 8.61 Å². The van der Waals surface area contributed by atoms with E-state index in [1.54, 1.807) is 13.8 Å². The second kappa shape index (κ2) is 10.3. The van der Waals surface area contributed by atoms with Crippen molar-refractivity contribution in [3.05, 3.63) is 54.3 Å². The largest absolute Gasteiger partial charge is 0.326 e. The maximum absolute atomic E-state index is 13.2. The van der Waals surface area contributed by atoms with E-state index in [-0.39, 0.29) is 28.8 Å². The molecule has 0 bridgehead atoms. The lowest BCUT2D eigenvalue weighted by molar-refractivity contribution is -0.120. The lowest BCUT2D eigenvalue weighted by atomic mass is 9.99. The number of anilines is 1. The number of hydrogen-bond donors (Lipinski definition) is 1. The summed E-state index contributed by atoms with van der Waals surface area (Å²) in [6, 6.07) is 10.5. The van der Waals surface area contributed by atoms with Gasteiger partial charge in [-0.25, -0.2) is 21.2 Å². The first-order valence-electron chi connectivity index (χ1n) is 10.8. The van der Waals surface area contributed by atoms with Gasteiger partial charge in [0.1, 0.15) is 5.82 Å². The van der Waals surface area contributed by atoms with Gasteiger partial charge >= 0.3 is 0 Å². The highest BCUT2D eigenvalue weighted by Crippen LogP contribution is 2.25. The molecule has 1 atom stereocenters. The molecule has 0 radical (unpaired) electrons. The van der Waals surface area contributed by atoms with Crippen molar-refractivity contribution in [3.8, 4) is 0 Å². The van der Waals surface area contributed by atoms with Crippen molar-refractivity contribution in [1.29, 1.82) is 0 Å². The van der Waals surface area contributed by atoms with Crippen LogP contribution in [0, 0.1) is 11.7 Å². The Morgan fingerprint density at radius 3 is 2.15 bits per heavy atom. The number of benzene rings is 2. The number of sulfonamides is 2. The zero-order valence-electron chi connectivity index (χ0n) is 18.6. The summed E-state index contributed by atoms with van der Waals surface area (Å²) in [7, 11) is -7.43. The van der Waals surface area contributed by atoms with Crippen LogP contribution in [-0.2, 0) is 24.8 Å². The van der Waals surface area contributed by atoms with Crippen molar-refractivity contribution < 1.29 is 26.0 Å². The summed E-state index contributed by atoms with van der Waals surface area (Å²) in [5, 5.41) is 2.75. The highest BCUT2D eigenvalue weighted by molar-refractivity contribution is 7.89. The van der Waals surface area contributed by atoms with Crippen LogP contribution in [0.2, 0.25) is 0 Å². The first-order valence-corrected chi connectivity index (χ1v) is 13.6. The maximum atomic E-state index is 13.2. The fraction of sp³-hybridized carbons (Fsp3) is 0.409. The van der Waals surface area contributed by atoms with Crippen LogP contribution < -0.4 is 5.32 Å². The molecule has 0 aliphatic carbocycles. The molecule has 1 aliphatic rings. The van der Waals surface area contributed by atoms with Crippen LogP contribution >= 0.6 is 0 Å². The molecule has 2 aromatic rings. The first kappa shape index (κ1) is 25.3. The van der Waals surface area contributed by atoms with E-state index in [1.807, 2.05) is 0 Å². The van der Waals surface area contributed by atoms with Crippen molar-refractivity contribution >= 4 is 31.6 Å². The lowest BCUT2D eigenvalue weighted by Crippen LogP contribution is -2.43. The molecule has 1 saturated heterocycles. The van der Waals surface area contributed by atoms with Crippen molar-refractivity contribution in [2.45, 2.75) is 36.5 Å². The minimum absolute atomic E-state index is 0.0139. The van der Waals surface area contributed by atoms with Gasteiger partial charge in [-0.05, 0) is 61.4 Å². The van der Waals surface area contributed by atoms with Gasteiger partial charge in [0.05, 0.1) is 15.7 Å². The standard InChI is InChI=1S/C22H28FN3O5S2/c1-3-25(4-2)32(28,29)21-13-9-19(10-14-21)24-22(27)17-6-5-15-26(16-17)33(30,31)20-11-7-18(23)8-12-20/h7-14,17H,3-6,15-16H2,1-2H3,(H,24,27)/t17-/m1/s1. The Kier molecular flexibility index (Phi) is 7.88. The van der Waals surface area contributed by atoms with Crippen LogP contribution in [-0.4, -0.2) is 57.5 Å². The van der Waals surface area contributed by atoms with Crippen molar-refractivity contribution in [3.63, 3.8) is 0 Å². The summed E-state index contributed by atoms with van der Waals surface area (Å²) in [5.74, 6) is -1.43. The minimum atomic E-state index is -3.84. The van der Waals surface area contributed by atoms with Crippen LogP contribution in [0.4, 0.5) is 10.1 Å². The lowest BCUT2D eigenvalue weighted by Gasteiger charge is -2.31. The van der Waals surface area contributed by atoms with E-state index < -0.39 is 31.8 Å². The third-order valence-electron chi connectivity index (χ3n) is 5.67. The number of carbonyl (C=O) groups is 1. The number of carbonyl (C=O) groups excluding carboxylic acids is 1. The van der Waals surface area contributed by atoms with Crippen molar-refractivity contribution in [2.24, 2.45) is 5.92 Å². The van der Waals surface area contributed by atoms with Gasteiger partial charge in [-0.2, -0.15) is 8.61 Å². The Hall–Kier alpha value is -2.34. The Morgan fingerprint density at radius 2 is 1.58 bits per heavy atom. The Bertz CT molecular complexity index is 1180. The quantitative estimate of drug-likeness (QED) is 0.604. The van der Waals surface area contributed by atoms with Gasteiger partial charge in [-0.3, -0.25) is 4.79 Å². The fourth-order valence-electron chi connectivity index (χ4n) is 3.80. The fourth-order valence-corrected chi connectivity index (χ4v) is 6.78. The minimum Gasteiger partial charge on any atom is -0.326 e. The predicted octanol–water partition coefficient (Wildman–Crippen LogP) is 2.90.